The lowest BCUT2D eigenvalue weighted by Crippen LogP contribution is -2.75. The van der Waals surface area contributed by atoms with Gasteiger partial charge in [-0.2, -0.15) is 11.6 Å². The Bertz CT molecular complexity index is 3090. The van der Waals surface area contributed by atoms with Gasteiger partial charge in [-0.05, 0) is 84.3 Å². The van der Waals surface area contributed by atoms with Crippen molar-refractivity contribution in [1.29, 1.82) is 0 Å². The molecule has 0 saturated heterocycles. The SMILES string of the molecule is c1ccc([Si](c2ccccc2)(c2ccccc2)c2ccccc2-c2ccc3c(c2)SB2c4ccccc4Oc4cc(-n5c6ccccc6c6ccccc65)cc-3c42)cc1. The Hall–Kier alpha value is -6.79. The fraction of sp³-hybridized carbons (Fsp3) is 0. The molecular formula is C54H36BNOSSi. The molecule has 0 spiro atoms. The maximum atomic E-state index is 6.85. The van der Waals surface area contributed by atoms with Crippen LogP contribution >= 0.6 is 11.6 Å². The minimum atomic E-state index is -2.80. The molecular weight excluding hydrogens is 750 g/mol. The lowest BCUT2D eigenvalue weighted by Gasteiger charge is -2.36. The Labute approximate surface area is 349 Å². The second-order valence-electron chi connectivity index (χ2n) is 15.5. The van der Waals surface area contributed by atoms with Crippen molar-refractivity contribution in [2.75, 3.05) is 0 Å². The summed E-state index contributed by atoms with van der Waals surface area (Å²) < 4.78 is 9.26. The number of benzene rings is 9. The van der Waals surface area contributed by atoms with Crippen LogP contribution < -0.4 is 36.4 Å². The van der Waals surface area contributed by atoms with Gasteiger partial charge in [0.2, 0.25) is 0 Å². The first-order chi connectivity index (χ1) is 29.3. The molecule has 2 aliphatic rings. The molecule has 5 heteroatoms. The number of fused-ring (bicyclic) bond motifs is 7. The molecule has 12 rings (SSSR count). The quantitative estimate of drug-likeness (QED) is 0.123. The first-order valence-corrected chi connectivity index (χ1v) is 23.2. The molecule has 0 radical (unpaired) electrons. The van der Waals surface area contributed by atoms with E-state index in [-0.39, 0.29) is 5.99 Å². The maximum Gasteiger partial charge on any atom is 0.289 e. The summed E-state index contributed by atoms with van der Waals surface area (Å²) >= 11 is 1.95. The standard InChI is InChI=1S/C54H36BNOSSi/c1-4-18-39(19-5-1)59(40-20-6-2-7-21-40,41-22-8-3-9-23-41)53-31-17-12-24-42(53)37-32-33-45-46-35-38(56-48-28-14-10-25-43(48)44-26-11-15-29-49(44)56)36-51-54(46)55(58-52(45)34-37)47-27-13-16-30-50(47)57-51/h1-36H. The van der Waals surface area contributed by atoms with E-state index >= 15 is 0 Å². The van der Waals surface area contributed by atoms with E-state index in [2.05, 4.69) is 223 Å². The Kier molecular flexibility index (Phi) is 7.94. The maximum absolute atomic E-state index is 6.85. The highest BCUT2D eigenvalue weighted by Crippen LogP contribution is 2.46. The fourth-order valence-corrected chi connectivity index (χ4v) is 16.4. The zero-order chi connectivity index (χ0) is 38.9. The molecule has 59 heavy (non-hydrogen) atoms. The summed E-state index contributed by atoms with van der Waals surface area (Å²) in [6.45, 7) is 0. The number of para-hydroxylation sites is 3. The van der Waals surface area contributed by atoms with E-state index in [1.54, 1.807) is 0 Å². The predicted molar refractivity (Wildman–Crippen MR) is 253 cm³/mol. The van der Waals surface area contributed by atoms with Crippen LogP contribution in [0.2, 0.25) is 0 Å². The van der Waals surface area contributed by atoms with Crippen molar-refractivity contribution in [3.63, 3.8) is 0 Å². The van der Waals surface area contributed by atoms with E-state index in [0.29, 0.717) is 0 Å². The summed E-state index contributed by atoms with van der Waals surface area (Å²) in [7, 11) is -2.80. The second-order valence-corrected chi connectivity index (χ2v) is 20.4. The van der Waals surface area contributed by atoms with Gasteiger partial charge in [0.1, 0.15) is 11.5 Å². The monoisotopic (exact) mass is 785 g/mol. The fourth-order valence-electron chi connectivity index (χ4n) is 9.94. The van der Waals surface area contributed by atoms with E-state index in [1.165, 1.54) is 80.6 Å². The van der Waals surface area contributed by atoms with Crippen LogP contribution in [-0.2, 0) is 0 Å². The van der Waals surface area contributed by atoms with Crippen LogP contribution in [0.25, 0.3) is 49.7 Å². The predicted octanol–water partition coefficient (Wildman–Crippen LogP) is 9.81. The lowest BCUT2D eigenvalue weighted by molar-refractivity contribution is 0.487. The van der Waals surface area contributed by atoms with Crippen molar-refractivity contribution in [2.24, 2.45) is 0 Å². The molecule has 9 aromatic carbocycles. The summed E-state index contributed by atoms with van der Waals surface area (Å²) in [6, 6.07) is 80.8. The summed E-state index contributed by atoms with van der Waals surface area (Å²) in [5.41, 5.74) is 10.9. The van der Waals surface area contributed by atoms with Gasteiger partial charge in [0, 0.05) is 21.7 Å². The molecule has 1 aromatic heterocycles. The van der Waals surface area contributed by atoms with Gasteiger partial charge < -0.3 is 9.30 Å². The molecule has 0 atom stereocenters. The minimum absolute atomic E-state index is 0.0987. The molecule has 10 aromatic rings. The molecule has 2 aliphatic heterocycles. The van der Waals surface area contributed by atoms with Crippen molar-refractivity contribution in [3.05, 3.63) is 218 Å². The van der Waals surface area contributed by atoms with Crippen LogP contribution in [0, 0.1) is 0 Å². The molecule has 2 nitrogen and oxygen atoms in total. The third-order valence-electron chi connectivity index (χ3n) is 12.4. The van der Waals surface area contributed by atoms with Crippen LogP contribution in [0.3, 0.4) is 0 Å². The van der Waals surface area contributed by atoms with Crippen LogP contribution in [0.15, 0.2) is 223 Å². The van der Waals surface area contributed by atoms with Gasteiger partial charge in [0.25, 0.3) is 5.99 Å². The zero-order valence-corrected chi connectivity index (χ0v) is 33.9. The van der Waals surface area contributed by atoms with Gasteiger partial charge in [-0.1, -0.05) is 182 Å². The number of rotatable bonds is 6. The van der Waals surface area contributed by atoms with Gasteiger partial charge in [-0.15, -0.1) is 0 Å². The number of ether oxygens (including phenoxy) is 1. The Morgan fingerprint density at radius 2 is 1.00 bits per heavy atom. The first kappa shape index (κ1) is 34.3. The molecule has 0 amide bonds. The summed E-state index contributed by atoms with van der Waals surface area (Å²) in [5.74, 6) is 1.96. The molecule has 0 aliphatic carbocycles. The Morgan fingerprint density at radius 1 is 0.441 bits per heavy atom. The number of nitrogens with zero attached hydrogens (tertiary/aromatic N) is 1. The van der Waals surface area contributed by atoms with Crippen molar-refractivity contribution < 1.29 is 4.74 Å². The third kappa shape index (κ3) is 5.22. The molecule has 3 heterocycles. The first-order valence-electron chi connectivity index (χ1n) is 20.3. The Morgan fingerprint density at radius 3 is 1.66 bits per heavy atom. The Balaban J connectivity index is 1.10. The van der Waals surface area contributed by atoms with Gasteiger partial charge in [0.15, 0.2) is 8.07 Å². The second kappa shape index (κ2) is 13.7. The van der Waals surface area contributed by atoms with E-state index in [1.807, 2.05) is 11.6 Å². The normalized spacial score (nSPS) is 12.8. The van der Waals surface area contributed by atoms with E-state index in [0.717, 1.165) is 17.2 Å². The molecule has 276 valence electrons. The van der Waals surface area contributed by atoms with Crippen LogP contribution in [-0.4, -0.2) is 18.6 Å². The zero-order valence-electron chi connectivity index (χ0n) is 32.1. The average Bonchev–Trinajstić information content (AvgIpc) is 3.65. The van der Waals surface area contributed by atoms with E-state index < -0.39 is 8.07 Å². The van der Waals surface area contributed by atoms with Gasteiger partial charge in [-0.3, -0.25) is 0 Å². The van der Waals surface area contributed by atoms with Crippen LogP contribution in [0.5, 0.6) is 11.5 Å². The van der Waals surface area contributed by atoms with Crippen molar-refractivity contribution in [2.45, 2.75) is 4.90 Å². The highest BCUT2D eigenvalue weighted by Gasteiger charge is 2.43. The van der Waals surface area contributed by atoms with Crippen molar-refractivity contribution in [1.82, 2.24) is 4.57 Å². The van der Waals surface area contributed by atoms with E-state index in [9.17, 15) is 0 Å². The molecule has 0 fully saturated rings. The molecule has 0 N–H and O–H groups in total. The van der Waals surface area contributed by atoms with E-state index in [4.69, 9.17) is 4.74 Å². The van der Waals surface area contributed by atoms with Gasteiger partial charge in [0.05, 0.1) is 16.7 Å². The topological polar surface area (TPSA) is 14.2 Å². The number of aromatic nitrogens is 1. The lowest BCUT2D eigenvalue weighted by atomic mass is 9.57. The van der Waals surface area contributed by atoms with Gasteiger partial charge in [-0.25, -0.2) is 0 Å². The minimum Gasteiger partial charge on any atom is -0.458 e. The van der Waals surface area contributed by atoms with Crippen molar-refractivity contribution >= 4 is 79.2 Å². The summed E-state index contributed by atoms with van der Waals surface area (Å²) in [4.78, 5) is 1.28. The highest BCUT2D eigenvalue weighted by atomic mass is 32.2. The number of hydrogen-bond acceptors (Lipinski definition) is 2. The molecule has 0 saturated carbocycles. The highest BCUT2D eigenvalue weighted by molar-refractivity contribution is 8.28. The van der Waals surface area contributed by atoms with Crippen LogP contribution in [0.4, 0.5) is 0 Å². The smallest absolute Gasteiger partial charge is 0.289 e. The van der Waals surface area contributed by atoms with Gasteiger partial charge >= 0.3 is 0 Å². The molecule has 0 bridgehead atoms. The third-order valence-corrected chi connectivity index (χ3v) is 18.6. The molecule has 0 unspecified atom stereocenters. The summed E-state index contributed by atoms with van der Waals surface area (Å²) in [5, 5.41) is 8.00. The largest absolute Gasteiger partial charge is 0.458 e. The van der Waals surface area contributed by atoms with Crippen LogP contribution in [0.1, 0.15) is 0 Å². The number of hydrogen-bond donors (Lipinski definition) is 0. The average molecular weight is 786 g/mol. The summed E-state index contributed by atoms with van der Waals surface area (Å²) in [6.07, 6.45) is 0. The van der Waals surface area contributed by atoms with Crippen molar-refractivity contribution in [3.8, 4) is 39.4 Å².